The molecule has 0 aliphatic heterocycles. The van der Waals surface area contributed by atoms with Crippen molar-refractivity contribution in [1.29, 1.82) is 0 Å². The highest BCUT2D eigenvalue weighted by Crippen LogP contribution is 2.31. The third kappa shape index (κ3) is 8.25. The van der Waals surface area contributed by atoms with Crippen molar-refractivity contribution in [3.05, 3.63) is 218 Å². The molecule has 0 heterocycles. The van der Waals surface area contributed by atoms with Gasteiger partial charge in [-0.1, -0.05) is 176 Å². The van der Waals surface area contributed by atoms with Crippen LogP contribution in [0.1, 0.15) is 0 Å². The maximum Gasteiger partial charge on any atom is 0.0463 e. The fourth-order valence-electron chi connectivity index (χ4n) is 5.91. The first-order valence-corrected chi connectivity index (χ1v) is 16.9. The first-order valence-electron chi connectivity index (χ1n) is 16.9. The van der Waals surface area contributed by atoms with E-state index in [1.165, 1.54) is 44.5 Å². The Morgan fingerprint density at radius 2 is 0.480 bits per heavy atom. The van der Waals surface area contributed by atoms with Gasteiger partial charge in [0, 0.05) is 28.3 Å². The summed E-state index contributed by atoms with van der Waals surface area (Å²) >= 11 is 0. The Labute approximate surface area is 295 Å². The number of benzene rings is 8. The van der Waals surface area contributed by atoms with Crippen molar-refractivity contribution in [2.75, 3.05) is 10.6 Å². The van der Waals surface area contributed by atoms with Crippen LogP contribution in [0.3, 0.4) is 0 Å². The van der Waals surface area contributed by atoms with Gasteiger partial charge in [0.15, 0.2) is 0 Å². The second-order valence-corrected chi connectivity index (χ2v) is 12.0. The molecule has 8 aromatic rings. The van der Waals surface area contributed by atoms with Crippen molar-refractivity contribution >= 4 is 22.7 Å². The molecule has 8 rings (SSSR count). The van der Waals surface area contributed by atoms with E-state index in [9.17, 15) is 0 Å². The molecule has 0 saturated carbocycles. The molecule has 8 aromatic carbocycles. The summed E-state index contributed by atoms with van der Waals surface area (Å²) < 4.78 is 0. The molecule has 0 fully saturated rings. The number of anilines is 4. The molecule has 0 aliphatic rings. The molecule has 240 valence electrons. The molecule has 50 heavy (non-hydrogen) atoms. The van der Waals surface area contributed by atoms with Crippen LogP contribution in [-0.2, 0) is 0 Å². The van der Waals surface area contributed by atoms with Crippen LogP contribution in [0.15, 0.2) is 218 Å². The van der Waals surface area contributed by atoms with Gasteiger partial charge in [0.05, 0.1) is 0 Å². The Morgan fingerprint density at radius 3 is 0.860 bits per heavy atom. The van der Waals surface area contributed by atoms with Gasteiger partial charge in [-0.2, -0.15) is 0 Å². The minimum Gasteiger partial charge on any atom is -0.356 e. The molecule has 2 N–H and O–H groups in total. The zero-order chi connectivity index (χ0) is 33.8. The smallest absolute Gasteiger partial charge is 0.0463 e. The molecule has 0 atom stereocenters. The summed E-state index contributed by atoms with van der Waals surface area (Å²) in [7, 11) is 0. The normalized spacial score (nSPS) is 10.4. The van der Waals surface area contributed by atoms with Crippen molar-refractivity contribution in [3.63, 3.8) is 0 Å². The highest BCUT2D eigenvalue weighted by Gasteiger charge is 2.05. The number of hydrogen-bond acceptors (Lipinski definition) is 2. The fourth-order valence-corrected chi connectivity index (χ4v) is 5.91. The van der Waals surface area contributed by atoms with Crippen LogP contribution in [0.4, 0.5) is 22.7 Å². The molecule has 2 nitrogen and oxygen atoms in total. The van der Waals surface area contributed by atoms with Crippen LogP contribution < -0.4 is 10.6 Å². The van der Waals surface area contributed by atoms with Gasteiger partial charge >= 0.3 is 0 Å². The van der Waals surface area contributed by atoms with E-state index in [0.29, 0.717) is 0 Å². The van der Waals surface area contributed by atoms with Gasteiger partial charge in [-0.3, -0.25) is 0 Å². The summed E-state index contributed by atoms with van der Waals surface area (Å²) in [5.74, 6) is 0. The Kier molecular flexibility index (Phi) is 10.2. The number of para-hydroxylation sites is 1. The Bertz CT molecular complexity index is 2110. The maximum absolute atomic E-state index is 3.55. The first kappa shape index (κ1) is 31.9. The predicted octanol–water partition coefficient (Wildman–Crippen LogP) is 13.5. The second-order valence-electron chi connectivity index (χ2n) is 12.0. The van der Waals surface area contributed by atoms with E-state index in [-0.39, 0.29) is 0 Å². The standard InChI is InChI=1S/2C24H19N/c1-3-9-19(10-4-1)20-15-17-22(18-16-20)25-24-14-8-7-13-23(24)21-11-5-2-6-12-21;1-3-7-19(8-4-1)21-11-15-23(16-12-21)25-24-17-13-22(14-18-24)20-9-5-2-6-10-20/h2*1-18,25H. The third-order valence-electron chi connectivity index (χ3n) is 8.56. The second kappa shape index (κ2) is 16.0. The largest absolute Gasteiger partial charge is 0.356 e. The van der Waals surface area contributed by atoms with Gasteiger partial charge in [-0.25, -0.2) is 0 Å². The summed E-state index contributed by atoms with van der Waals surface area (Å²) in [4.78, 5) is 0. The molecule has 0 bridgehead atoms. The van der Waals surface area contributed by atoms with Crippen LogP contribution >= 0.6 is 0 Å². The average molecular weight is 643 g/mol. The SMILES string of the molecule is c1ccc(-c2ccc(Nc3ccc(-c4ccccc4)cc3)cc2)cc1.c1ccc(-c2ccc(Nc3ccccc3-c3ccccc3)cc2)cc1. The number of nitrogens with one attached hydrogen (secondary N) is 2. The molecule has 0 spiro atoms. The molecule has 0 amide bonds. The van der Waals surface area contributed by atoms with Gasteiger partial charge < -0.3 is 10.6 Å². The lowest BCUT2D eigenvalue weighted by Gasteiger charge is -2.13. The lowest BCUT2D eigenvalue weighted by Crippen LogP contribution is -1.93. The monoisotopic (exact) mass is 642 g/mol. The molecule has 0 unspecified atom stereocenters. The van der Waals surface area contributed by atoms with Crippen LogP contribution in [-0.4, -0.2) is 0 Å². The topological polar surface area (TPSA) is 24.1 Å². The van der Waals surface area contributed by atoms with E-state index in [1.54, 1.807) is 0 Å². The summed E-state index contributed by atoms with van der Waals surface area (Å²) in [6.45, 7) is 0. The van der Waals surface area contributed by atoms with E-state index in [0.717, 1.165) is 22.7 Å². The van der Waals surface area contributed by atoms with E-state index in [2.05, 4.69) is 205 Å². The van der Waals surface area contributed by atoms with Crippen molar-refractivity contribution in [1.82, 2.24) is 0 Å². The number of hydrogen-bond donors (Lipinski definition) is 2. The van der Waals surface area contributed by atoms with E-state index >= 15 is 0 Å². The van der Waals surface area contributed by atoms with Crippen LogP contribution in [0.25, 0.3) is 44.5 Å². The Morgan fingerprint density at radius 1 is 0.200 bits per heavy atom. The maximum atomic E-state index is 3.55. The van der Waals surface area contributed by atoms with E-state index in [1.807, 2.05) is 24.3 Å². The van der Waals surface area contributed by atoms with E-state index < -0.39 is 0 Å². The molecule has 0 aromatic heterocycles. The molecular weight excluding hydrogens is 605 g/mol. The van der Waals surface area contributed by atoms with Gasteiger partial charge in [0.1, 0.15) is 0 Å². The summed E-state index contributed by atoms with van der Waals surface area (Å²) in [5.41, 5.74) is 14.2. The first-order chi connectivity index (χ1) is 24.8. The lowest BCUT2D eigenvalue weighted by atomic mass is 10.0. The van der Waals surface area contributed by atoms with Crippen molar-refractivity contribution in [2.24, 2.45) is 0 Å². The zero-order valence-corrected chi connectivity index (χ0v) is 27.8. The summed E-state index contributed by atoms with van der Waals surface area (Å²) in [6.07, 6.45) is 0. The van der Waals surface area contributed by atoms with Crippen molar-refractivity contribution in [2.45, 2.75) is 0 Å². The Hall–Kier alpha value is -6.64. The molecule has 0 saturated heterocycles. The minimum absolute atomic E-state index is 1.09. The van der Waals surface area contributed by atoms with Gasteiger partial charge in [0.25, 0.3) is 0 Å². The molecule has 2 heteroatoms. The molecule has 0 aliphatic carbocycles. The number of rotatable bonds is 8. The average Bonchev–Trinajstić information content (AvgIpc) is 3.21. The third-order valence-corrected chi connectivity index (χ3v) is 8.56. The minimum atomic E-state index is 1.09. The highest BCUT2D eigenvalue weighted by atomic mass is 14.9. The van der Waals surface area contributed by atoms with Crippen LogP contribution in [0, 0.1) is 0 Å². The summed E-state index contributed by atoms with van der Waals surface area (Å²) in [6, 6.07) is 75.8. The van der Waals surface area contributed by atoms with Crippen LogP contribution in [0.5, 0.6) is 0 Å². The highest BCUT2D eigenvalue weighted by molar-refractivity contribution is 5.81. The lowest BCUT2D eigenvalue weighted by molar-refractivity contribution is 1.53. The zero-order valence-electron chi connectivity index (χ0n) is 27.8. The fraction of sp³-hybridized carbons (Fsp3) is 0. The van der Waals surface area contributed by atoms with Gasteiger partial charge in [-0.15, -0.1) is 0 Å². The van der Waals surface area contributed by atoms with E-state index in [4.69, 9.17) is 0 Å². The van der Waals surface area contributed by atoms with Gasteiger partial charge in [-0.05, 0) is 81.4 Å². The predicted molar refractivity (Wildman–Crippen MR) is 214 cm³/mol. The quantitative estimate of drug-likeness (QED) is 0.172. The van der Waals surface area contributed by atoms with Crippen molar-refractivity contribution < 1.29 is 0 Å². The Balaban J connectivity index is 0.000000157. The molecular formula is C48H38N2. The molecule has 0 radical (unpaired) electrons. The summed E-state index contributed by atoms with van der Waals surface area (Å²) in [5, 5.41) is 7.01. The van der Waals surface area contributed by atoms with Gasteiger partial charge in [0.2, 0.25) is 0 Å². The van der Waals surface area contributed by atoms with Crippen molar-refractivity contribution in [3.8, 4) is 44.5 Å². The van der Waals surface area contributed by atoms with Crippen LogP contribution in [0.2, 0.25) is 0 Å².